The summed E-state index contributed by atoms with van der Waals surface area (Å²) in [5.41, 5.74) is 0.874. The second-order valence-electron chi connectivity index (χ2n) is 4.96. The van der Waals surface area contributed by atoms with E-state index in [0.717, 1.165) is 5.56 Å². The quantitative estimate of drug-likeness (QED) is 0.769. The van der Waals surface area contributed by atoms with Gasteiger partial charge in [-0.1, -0.05) is 59.1 Å². The van der Waals surface area contributed by atoms with Gasteiger partial charge in [-0.05, 0) is 30.7 Å². The molecule has 4 nitrogen and oxygen atoms in total. The van der Waals surface area contributed by atoms with Gasteiger partial charge in [0.15, 0.2) is 6.10 Å². The Morgan fingerprint density at radius 3 is 2.42 bits per heavy atom. The Morgan fingerprint density at radius 2 is 1.71 bits per heavy atom. The van der Waals surface area contributed by atoms with E-state index in [1.807, 2.05) is 6.07 Å². The van der Waals surface area contributed by atoms with Crippen LogP contribution in [0.4, 0.5) is 0 Å². The van der Waals surface area contributed by atoms with Gasteiger partial charge in [0.05, 0.1) is 15.6 Å². The van der Waals surface area contributed by atoms with Gasteiger partial charge in [-0.25, -0.2) is 4.79 Å². The van der Waals surface area contributed by atoms with Crippen LogP contribution in [0, 0.1) is 0 Å². The minimum Gasteiger partial charge on any atom is -0.449 e. The fourth-order valence-corrected chi connectivity index (χ4v) is 2.49. The zero-order valence-corrected chi connectivity index (χ0v) is 15.0. The number of benzene rings is 2. The second-order valence-corrected chi connectivity index (χ2v) is 6.15. The van der Waals surface area contributed by atoms with Crippen molar-refractivity contribution in [1.82, 2.24) is 5.32 Å². The summed E-state index contributed by atoms with van der Waals surface area (Å²) in [7, 11) is 0. The highest BCUT2D eigenvalue weighted by Gasteiger charge is 2.21. The summed E-state index contributed by atoms with van der Waals surface area (Å²) < 4.78 is 5.13. The van der Waals surface area contributed by atoms with E-state index in [1.54, 1.807) is 30.3 Å². The van der Waals surface area contributed by atoms with E-state index in [-0.39, 0.29) is 22.2 Å². The van der Waals surface area contributed by atoms with Gasteiger partial charge < -0.3 is 10.1 Å². The Balaban J connectivity index is 1.95. The SMILES string of the molecule is CC(OC(=O)c1cccc(Cl)c1Cl)C(=O)NCc1ccccc1Cl. The standard InChI is InChI=1S/C17H14Cl3NO3/c1-10(16(22)21-9-11-5-2-3-7-13(11)18)24-17(23)12-6-4-8-14(19)15(12)20/h2-8,10H,9H2,1H3,(H,21,22). The van der Waals surface area contributed by atoms with Crippen LogP contribution >= 0.6 is 34.8 Å². The molecule has 0 fully saturated rings. The van der Waals surface area contributed by atoms with Crippen LogP contribution in [0.5, 0.6) is 0 Å². The molecule has 1 unspecified atom stereocenters. The lowest BCUT2D eigenvalue weighted by molar-refractivity contribution is -0.129. The van der Waals surface area contributed by atoms with Crippen molar-refractivity contribution in [3.8, 4) is 0 Å². The zero-order chi connectivity index (χ0) is 17.7. The molecular weight excluding hydrogens is 373 g/mol. The number of amides is 1. The number of carbonyl (C=O) groups is 2. The lowest BCUT2D eigenvalue weighted by Gasteiger charge is -2.14. The van der Waals surface area contributed by atoms with E-state index in [4.69, 9.17) is 39.5 Å². The molecule has 1 N–H and O–H groups in total. The number of hydrogen-bond donors (Lipinski definition) is 1. The lowest BCUT2D eigenvalue weighted by atomic mass is 10.2. The van der Waals surface area contributed by atoms with Gasteiger partial charge in [-0.2, -0.15) is 0 Å². The molecule has 0 spiro atoms. The summed E-state index contributed by atoms with van der Waals surface area (Å²) in [5.74, 6) is -1.16. The molecule has 2 rings (SSSR count). The fourth-order valence-electron chi connectivity index (χ4n) is 1.91. The molecule has 0 aromatic heterocycles. The molecule has 0 aliphatic carbocycles. The highest BCUT2D eigenvalue weighted by molar-refractivity contribution is 6.43. The third kappa shape index (κ3) is 4.63. The number of carbonyl (C=O) groups excluding carboxylic acids is 2. The van der Waals surface area contributed by atoms with Crippen LogP contribution in [0.25, 0.3) is 0 Å². The third-order valence-electron chi connectivity index (χ3n) is 3.24. The Hall–Kier alpha value is -1.75. The molecule has 2 aromatic carbocycles. The largest absolute Gasteiger partial charge is 0.449 e. The summed E-state index contributed by atoms with van der Waals surface area (Å²) in [6, 6.07) is 11.8. The highest BCUT2D eigenvalue weighted by Crippen LogP contribution is 2.26. The number of esters is 1. The van der Waals surface area contributed by atoms with Crippen LogP contribution in [-0.4, -0.2) is 18.0 Å². The first-order chi connectivity index (χ1) is 11.4. The normalized spacial score (nSPS) is 11.7. The molecule has 126 valence electrons. The van der Waals surface area contributed by atoms with Gasteiger partial charge in [-0.3, -0.25) is 4.79 Å². The summed E-state index contributed by atoms with van der Waals surface area (Å²) in [4.78, 5) is 24.2. The lowest BCUT2D eigenvalue weighted by Crippen LogP contribution is -2.35. The average molecular weight is 387 g/mol. The van der Waals surface area contributed by atoms with Crippen LogP contribution in [0.2, 0.25) is 15.1 Å². The van der Waals surface area contributed by atoms with Gasteiger partial charge >= 0.3 is 5.97 Å². The van der Waals surface area contributed by atoms with Crippen molar-refractivity contribution in [1.29, 1.82) is 0 Å². The third-order valence-corrected chi connectivity index (χ3v) is 4.42. The van der Waals surface area contributed by atoms with Gasteiger partial charge in [-0.15, -0.1) is 0 Å². The summed E-state index contributed by atoms with van der Waals surface area (Å²) >= 11 is 17.8. The maximum atomic E-state index is 12.1. The molecule has 2 aromatic rings. The van der Waals surface area contributed by atoms with Gasteiger partial charge in [0.2, 0.25) is 0 Å². The summed E-state index contributed by atoms with van der Waals surface area (Å²) in [5, 5.41) is 3.54. The molecule has 0 aliphatic heterocycles. The molecule has 0 saturated carbocycles. The van der Waals surface area contributed by atoms with Crippen molar-refractivity contribution in [2.75, 3.05) is 0 Å². The predicted molar refractivity (Wildman–Crippen MR) is 94.6 cm³/mol. The minimum atomic E-state index is -0.991. The van der Waals surface area contributed by atoms with Crippen LogP contribution < -0.4 is 5.32 Å². The molecule has 0 radical (unpaired) electrons. The average Bonchev–Trinajstić information content (AvgIpc) is 2.56. The fraction of sp³-hybridized carbons (Fsp3) is 0.176. The Morgan fingerprint density at radius 1 is 1.04 bits per heavy atom. The van der Waals surface area contributed by atoms with Crippen molar-refractivity contribution in [3.63, 3.8) is 0 Å². The van der Waals surface area contributed by atoms with Gasteiger partial charge in [0, 0.05) is 11.6 Å². The monoisotopic (exact) mass is 385 g/mol. The zero-order valence-electron chi connectivity index (χ0n) is 12.7. The molecule has 0 saturated heterocycles. The van der Waals surface area contributed by atoms with Crippen LogP contribution in [0.15, 0.2) is 42.5 Å². The van der Waals surface area contributed by atoms with E-state index in [1.165, 1.54) is 13.0 Å². The van der Waals surface area contributed by atoms with E-state index in [0.29, 0.717) is 5.02 Å². The molecule has 0 bridgehead atoms. The van der Waals surface area contributed by atoms with Crippen molar-refractivity contribution in [3.05, 3.63) is 68.7 Å². The van der Waals surface area contributed by atoms with Crippen LogP contribution in [-0.2, 0) is 16.1 Å². The minimum absolute atomic E-state index is 0.0906. The first-order valence-electron chi connectivity index (χ1n) is 7.06. The van der Waals surface area contributed by atoms with Crippen LogP contribution in [0.1, 0.15) is 22.8 Å². The maximum absolute atomic E-state index is 12.1. The highest BCUT2D eigenvalue weighted by atomic mass is 35.5. The Bertz CT molecular complexity index is 764. The first-order valence-corrected chi connectivity index (χ1v) is 8.19. The van der Waals surface area contributed by atoms with Gasteiger partial charge in [0.25, 0.3) is 5.91 Å². The molecule has 1 amide bonds. The van der Waals surface area contributed by atoms with Crippen molar-refractivity contribution < 1.29 is 14.3 Å². The molecule has 24 heavy (non-hydrogen) atoms. The predicted octanol–water partition coefficient (Wildman–Crippen LogP) is 4.51. The van der Waals surface area contributed by atoms with Gasteiger partial charge in [0.1, 0.15) is 0 Å². The first kappa shape index (κ1) is 18.6. The van der Waals surface area contributed by atoms with E-state index >= 15 is 0 Å². The summed E-state index contributed by atoms with van der Waals surface area (Å²) in [6.45, 7) is 1.70. The molecular formula is C17H14Cl3NO3. The topological polar surface area (TPSA) is 55.4 Å². The number of ether oxygens (including phenoxy) is 1. The molecule has 1 atom stereocenters. The second kappa shape index (κ2) is 8.38. The van der Waals surface area contributed by atoms with Crippen molar-refractivity contribution in [2.45, 2.75) is 19.6 Å². The maximum Gasteiger partial charge on any atom is 0.340 e. The number of nitrogens with one attached hydrogen (secondary N) is 1. The summed E-state index contributed by atoms with van der Waals surface area (Å²) in [6.07, 6.45) is -0.991. The smallest absolute Gasteiger partial charge is 0.340 e. The number of rotatable bonds is 5. The van der Waals surface area contributed by atoms with E-state index < -0.39 is 18.0 Å². The Kier molecular flexibility index (Phi) is 6.49. The molecule has 7 heteroatoms. The Labute approximate surface area is 154 Å². The van der Waals surface area contributed by atoms with Crippen molar-refractivity contribution >= 4 is 46.7 Å². The van der Waals surface area contributed by atoms with E-state index in [2.05, 4.69) is 5.32 Å². The van der Waals surface area contributed by atoms with Crippen LogP contribution in [0.3, 0.4) is 0 Å². The molecule has 0 aliphatic rings. The van der Waals surface area contributed by atoms with Crippen molar-refractivity contribution in [2.24, 2.45) is 0 Å². The van der Waals surface area contributed by atoms with E-state index in [9.17, 15) is 9.59 Å². The number of hydrogen-bond acceptors (Lipinski definition) is 3. The molecule has 0 heterocycles. The number of halogens is 3.